The van der Waals surface area contributed by atoms with Gasteiger partial charge in [0.2, 0.25) is 0 Å². The van der Waals surface area contributed by atoms with E-state index in [1.54, 1.807) is 0 Å². The molecule has 0 radical (unpaired) electrons. The topological polar surface area (TPSA) is 38.0 Å². The van der Waals surface area contributed by atoms with E-state index in [2.05, 4.69) is 12.2 Å². The molecule has 0 aromatic rings. The Morgan fingerprint density at radius 2 is 2.08 bits per heavy atom. The molecule has 1 aliphatic carbocycles. The summed E-state index contributed by atoms with van der Waals surface area (Å²) in [5, 5.41) is 3.41. The van der Waals surface area contributed by atoms with Crippen LogP contribution in [0.2, 0.25) is 0 Å². The van der Waals surface area contributed by atoms with Gasteiger partial charge in [-0.05, 0) is 24.8 Å². The average Bonchev–Trinajstić information content (AvgIpc) is 2.09. The van der Waals surface area contributed by atoms with E-state index in [4.69, 9.17) is 5.73 Å². The summed E-state index contributed by atoms with van der Waals surface area (Å²) in [5.74, 6) is 1.83. The third-order valence-electron chi connectivity index (χ3n) is 3.02. The first kappa shape index (κ1) is 10.0. The summed E-state index contributed by atoms with van der Waals surface area (Å²) in [6, 6.07) is 0. The van der Waals surface area contributed by atoms with E-state index < -0.39 is 0 Å². The molecule has 2 heteroatoms. The quantitative estimate of drug-likeness (QED) is 0.625. The third kappa shape index (κ3) is 3.11. The maximum absolute atomic E-state index is 5.42. The monoisotopic (exact) mass is 170 g/mol. The Morgan fingerprint density at radius 1 is 1.33 bits per heavy atom. The molecule has 0 bridgehead atoms. The molecule has 2 atom stereocenters. The van der Waals surface area contributed by atoms with Crippen molar-refractivity contribution in [2.24, 2.45) is 17.6 Å². The molecule has 0 aromatic heterocycles. The first-order chi connectivity index (χ1) is 5.84. The third-order valence-corrected chi connectivity index (χ3v) is 3.02. The molecular formula is C10H22N2. The molecule has 1 rings (SSSR count). The van der Waals surface area contributed by atoms with Crippen LogP contribution in [-0.4, -0.2) is 19.6 Å². The Morgan fingerprint density at radius 3 is 2.75 bits per heavy atom. The lowest BCUT2D eigenvalue weighted by Crippen LogP contribution is -2.32. The fraction of sp³-hybridized carbons (Fsp3) is 1.00. The Hall–Kier alpha value is -0.0800. The summed E-state index contributed by atoms with van der Waals surface area (Å²) >= 11 is 0. The van der Waals surface area contributed by atoms with Gasteiger partial charge in [-0.15, -0.1) is 0 Å². The van der Waals surface area contributed by atoms with Crippen LogP contribution in [0.3, 0.4) is 0 Å². The minimum Gasteiger partial charge on any atom is -0.329 e. The zero-order chi connectivity index (χ0) is 8.81. The second-order valence-corrected chi connectivity index (χ2v) is 4.01. The fourth-order valence-corrected chi connectivity index (χ4v) is 2.09. The number of hydrogen-bond donors (Lipinski definition) is 2. The number of nitrogens with two attached hydrogens (primary N) is 1. The van der Waals surface area contributed by atoms with Crippen LogP contribution in [0.5, 0.6) is 0 Å². The normalized spacial score (nSPS) is 30.5. The minimum atomic E-state index is 0.765. The molecule has 72 valence electrons. The van der Waals surface area contributed by atoms with Gasteiger partial charge >= 0.3 is 0 Å². The van der Waals surface area contributed by atoms with E-state index in [0.717, 1.165) is 24.9 Å². The highest BCUT2D eigenvalue weighted by atomic mass is 14.9. The van der Waals surface area contributed by atoms with Crippen LogP contribution in [0.4, 0.5) is 0 Å². The van der Waals surface area contributed by atoms with Crippen molar-refractivity contribution in [2.75, 3.05) is 19.6 Å². The lowest BCUT2D eigenvalue weighted by Gasteiger charge is -2.28. The predicted molar refractivity (Wildman–Crippen MR) is 53.0 cm³/mol. The van der Waals surface area contributed by atoms with Gasteiger partial charge in [0.05, 0.1) is 0 Å². The van der Waals surface area contributed by atoms with E-state index in [0.29, 0.717) is 0 Å². The van der Waals surface area contributed by atoms with E-state index >= 15 is 0 Å². The van der Waals surface area contributed by atoms with Gasteiger partial charge in [-0.3, -0.25) is 0 Å². The van der Waals surface area contributed by atoms with E-state index in [1.807, 2.05) is 0 Å². The van der Waals surface area contributed by atoms with Crippen LogP contribution >= 0.6 is 0 Å². The molecule has 1 saturated carbocycles. The van der Waals surface area contributed by atoms with Gasteiger partial charge in [0.25, 0.3) is 0 Å². The highest BCUT2D eigenvalue weighted by Crippen LogP contribution is 2.28. The van der Waals surface area contributed by atoms with Gasteiger partial charge < -0.3 is 11.1 Å². The Balaban J connectivity index is 2.11. The highest BCUT2D eigenvalue weighted by molar-refractivity contribution is 4.73. The van der Waals surface area contributed by atoms with E-state index in [9.17, 15) is 0 Å². The second-order valence-electron chi connectivity index (χ2n) is 4.01. The SMILES string of the molecule is CC1CCCCC1CNCCN. The summed E-state index contributed by atoms with van der Waals surface area (Å²) < 4.78 is 0. The molecule has 1 fully saturated rings. The summed E-state index contributed by atoms with van der Waals surface area (Å²) in [5.41, 5.74) is 5.42. The molecule has 0 amide bonds. The molecule has 0 aromatic carbocycles. The van der Waals surface area contributed by atoms with Crippen molar-refractivity contribution < 1.29 is 0 Å². The Bertz CT molecular complexity index is 114. The lowest BCUT2D eigenvalue weighted by molar-refractivity contribution is 0.249. The molecule has 0 saturated heterocycles. The van der Waals surface area contributed by atoms with E-state index in [-0.39, 0.29) is 0 Å². The van der Waals surface area contributed by atoms with Crippen LogP contribution in [0.25, 0.3) is 0 Å². The zero-order valence-electron chi connectivity index (χ0n) is 8.18. The van der Waals surface area contributed by atoms with Gasteiger partial charge in [0.15, 0.2) is 0 Å². The molecule has 12 heavy (non-hydrogen) atoms. The number of rotatable bonds is 4. The predicted octanol–water partition coefficient (Wildman–Crippen LogP) is 1.36. The van der Waals surface area contributed by atoms with Crippen molar-refractivity contribution in [2.45, 2.75) is 32.6 Å². The van der Waals surface area contributed by atoms with Gasteiger partial charge in [-0.25, -0.2) is 0 Å². The van der Waals surface area contributed by atoms with Crippen molar-refractivity contribution in [3.63, 3.8) is 0 Å². The molecule has 2 unspecified atom stereocenters. The van der Waals surface area contributed by atoms with Gasteiger partial charge in [0.1, 0.15) is 0 Å². The second kappa shape index (κ2) is 5.55. The standard InChI is InChI=1S/C10H22N2/c1-9-4-2-3-5-10(9)8-12-7-6-11/h9-10,12H,2-8,11H2,1H3. The van der Waals surface area contributed by atoms with Crippen molar-refractivity contribution in [3.05, 3.63) is 0 Å². The summed E-state index contributed by atoms with van der Waals surface area (Å²) in [6.07, 6.45) is 5.71. The highest BCUT2D eigenvalue weighted by Gasteiger charge is 2.20. The summed E-state index contributed by atoms with van der Waals surface area (Å²) in [6.45, 7) is 5.30. The molecule has 0 heterocycles. The van der Waals surface area contributed by atoms with Crippen LogP contribution in [0.1, 0.15) is 32.6 Å². The molecule has 0 aliphatic heterocycles. The van der Waals surface area contributed by atoms with Crippen molar-refractivity contribution >= 4 is 0 Å². The first-order valence-corrected chi connectivity index (χ1v) is 5.25. The smallest absolute Gasteiger partial charge is 0.00746 e. The van der Waals surface area contributed by atoms with Crippen molar-refractivity contribution in [1.29, 1.82) is 0 Å². The van der Waals surface area contributed by atoms with Gasteiger partial charge in [0, 0.05) is 13.1 Å². The van der Waals surface area contributed by atoms with Crippen LogP contribution in [0, 0.1) is 11.8 Å². The Kier molecular flexibility index (Phi) is 4.62. The molecule has 0 spiro atoms. The van der Waals surface area contributed by atoms with Crippen LogP contribution in [0.15, 0.2) is 0 Å². The van der Waals surface area contributed by atoms with E-state index in [1.165, 1.54) is 32.2 Å². The Labute approximate surface area is 75.9 Å². The number of hydrogen-bond acceptors (Lipinski definition) is 2. The largest absolute Gasteiger partial charge is 0.329 e. The summed E-state index contributed by atoms with van der Waals surface area (Å²) in [7, 11) is 0. The molecular weight excluding hydrogens is 148 g/mol. The average molecular weight is 170 g/mol. The molecule has 3 N–H and O–H groups in total. The lowest BCUT2D eigenvalue weighted by atomic mass is 9.80. The maximum Gasteiger partial charge on any atom is 0.00746 e. The molecule has 1 aliphatic rings. The van der Waals surface area contributed by atoms with Crippen molar-refractivity contribution in [1.82, 2.24) is 5.32 Å². The molecule has 2 nitrogen and oxygen atoms in total. The van der Waals surface area contributed by atoms with Crippen LogP contribution < -0.4 is 11.1 Å². The zero-order valence-corrected chi connectivity index (χ0v) is 8.18. The first-order valence-electron chi connectivity index (χ1n) is 5.25. The van der Waals surface area contributed by atoms with Crippen LogP contribution in [-0.2, 0) is 0 Å². The minimum absolute atomic E-state index is 0.765. The van der Waals surface area contributed by atoms with Crippen molar-refractivity contribution in [3.8, 4) is 0 Å². The fourth-order valence-electron chi connectivity index (χ4n) is 2.09. The van der Waals surface area contributed by atoms with Gasteiger partial charge in [-0.1, -0.05) is 26.2 Å². The maximum atomic E-state index is 5.42. The van der Waals surface area contributed by atoms with Gasteiger partial charge in [-0.2, -0.15) is 0 Å². The summed E-state index contributed by atoms with van der Waals surface area (Å²) in [4.78, 5) is 0. The number of nitrogens with one attached hydrogen (secondary N) is 1.